The summed E-state index contributed by atoms with van der Waals surface area (Å²) in [6.45, 7) is 6.42. The average molecular weight is 504 g/mol. The predicted molar refractivity (Wildman–Crippen MR) is 147 cm³/mol. The van der Waals surface area contributed by atoms with Gasteiger partial charge in [-0.3, -0.25) is 0 Å². The minimum absolute atomic E-state index is 0.380. The SMILES string of the molecule is COc1cc(NCCN(C)C(=O)OC(C)(C)C)c(N)cc1Nc1nccc(-c2c[nH]c3ccccc23)n1. The van der Waals surface area contributed by atoms with Crippen LogP contribution >= 0.6 is 0 Å². The number of para-hydroxylation sites is 1. The number of hydrogen-bond acceptors (Lipinski definition) is 8. The zero-order valence-corrected chi connectivity index (χ0v) is 21.8. The van der Waals surface area contributed by atoms with E-state index in [1.165, 1.54) is 4.90 Å². The molecule has 4 aromatic rings. The summed E-state index contributed by atoms with van der Waals surface area (Å²) in [5.74, 6) is 0.985. The number of benzene rings is 2. The number of hydrogen-bond donors (Lipinski definition) is 4. The number of likely N-dealkylation sites (N-methyl/N-ethyl adjacent to an activating group) is 1. The number of carbonyl (C=O) groups excluding carboxylic acids is 1. The van der Waals surface area contributed by atoms with E-state index < -0.39 is 5.60 Å². The maximum atomic E-state index is 12.2. The second kappa shape index (κ2) is 10.7. The fourth-order valence-corrected chi connectivity index (χ4v) is 3.78. The summed E-state index contributed by atoms with van der Waals surface area (Å²) < 4.78 is 11.0. The molecule has 10 nitrogen and oxygen atoms in total. The van der Waals surface area contributed by atoms with Crippen molar-refractivity contribution < 1.29 is 14.3 Å². The molecular formula is C27H33N7O3. The van der Waals surface area contributed by atoms with Crippen LogP contribution in [0.25, 0.3) is 22.2 Å². The van der Waals surface area contributed by atoms with Gasteiger partial charge in [-0.05, 0) is 39.0 Å². The number of H-pyrrole nitrogens is 1. The molecule has 4 rings (SSSR count). The van der Waals surface area contributed by atoms with Crippen molar-refractivity contribution in [2.24, 2.45) is 0 Å². The summed E-state index contributed by atoms with van der Waals surface area (Å²) >= 11 is 0. The van der Waals surface area contributed by atoms with Crippen LogP contribution in [0, 0.1) is 0 Å². The van der Waals surface area contributed by atoms with Crippen LogP contribution in [0.5, 0.6) is 5.75 Å². The van der Waals surface area contributed by atoms with Crippen LogP contribution in [-0.2, 0) is 4.74 Å². The number of aromatic amines is 1. The first-order valence-corrected chi connectivity index (χ1v) is 12.0. The Hall–Kier alpha value is -4.47. The molecule has 0 aliphatic carbocycles. The third-order valence-corrected chi connectivity index (χ3v) is 5.61. The van der Waals surface area contributed by atoms with Gasteiger partial charge in [-0.25, -0.2) is 14.8 Å². The number of rotatable bonds is 8. The third kappa shape index (κ3) is 6.21. The van der Waals surface area contributed by atoms with E-state index in [-0.39, 0.29) is 6.09 Å². The fourth-order valence-electron chi connectivity index (χ4n) is 3.78. The normalized spacial score (nSPS) is 11.3. The van der Waals surface area contributed by atoms with E-state index in [2.05, 4.69) is 26.7 Å². The van der Waals surface area contributed by atoms with Gasteiger partial charge in [-0.15, -0.1) is 0 Å². The topological polar surface area (TPSA) is 130 Å². The van der Waals surface area contributed by atoms with E-state index >= 15 is 0 Å². The Bertz CT molecular complexity index is 1390. The lowest BCUT2D eigenvalue weighted by molar-refractivity contribution is 0.0305. The number of nitrogens with one attached hydrogen (secondary N) is 3. The highest BCUT2D eigenvalue weighted by Gasteiger charge is 2.19. The van der Waals surface area contributed by atoms with Gasteiger partial charge in [0.15, 0.2) is 0 Å². The molecule has 194 valence electrons. The first-order valence-electron chi connectivity index (χ1n) is 12.0. The van der Waals surface area contributed by atoms with Gasteiger partial charge in [0.2, 0.25) is 5.95 Å². The van der Waals surface area contributed by atoms with E-state index in [1.807, 2.05) is 51.2 Å². The highest BCUT2D eigenvalue weighted by atomic mass is 16.6. The Labute approximate surface area is 216 Å². The number of aromatic nitrogens is 3. The van der Waals surface area contributed by atoms with E-state index in [4.69, 9.17) is 20.2 Å². The number of nitrogens with zero attached hydrogens (tertiary/aromatic N) is 3. The molecule has 37 heavy (non-hydrogen) atoms. The Balaban J connectivity index is 1.46. The quantitative estimate of drug-likeness (QED) is 0.240. The van der Waals surface area contributed by atoms with Crippen LogP contribution in [0.2, 0.25) is 0 Å². The highest BCUT2D eigenvalue weighted by Crippen LogP contribution is 2.35. The van der Waals surface area contributed by atoms with Crippen LogP contribution < -0.4 is 21.1 Å². The van der Waals surface area contributed by atoms with E-state index in [0.717, 1.165) is 22.2 Å². The largest absolute Gasteiger partial charge is 0.494 e. The molecule has 1 amide bonds. The van der Waals surface area contributed by atoms with Crippen molar-refractivity contribution in [2.75, 3.05) is 43.6 Å². The number of methoxy groups -OCH3 is 1. The molecule has 0 saturated carbocycles. The van der Waals surface area contributed by atoms with Gasteiger partial charge in [0, 0.05) is 55.1 Å². The molecule has 2 aromatic carbocycles. The van der Waals surface area contributed by atoms with Crippen LogP contribution in [0.1, 0.15) is 20.8 Å². The number of ether oxygens (including phenoxy) is 2. The lowest BCUT2D eigenvalue weighted by Gasteiger charge is -2.25. The monoisotopic (exact) mass is 503 g/mol. The first kappa shape index (κ1) is 25.6. The lowest BCUT2D eigenvalue weighted by Crippen LogP contribution is -2.36. The Morgan fingerprint density at radius 1 is 1.16 bits per heavy atom. The molecule has 2 heterocycles. The summed E-state index contributed by atoms with van der Waals surface area (Å²) in [5, 5.41) is 7.56. The third-order valence-electron chi connectivity index (χ3n) is 5.61. The number of carbonyl (C=O) groups is 1. The van der Waals surface area contributed by atoms with E-state index in [9.17, 15) is 4.79 Å². The molecule has 0 atom stereocenters. The average Bonchev–Trinajstić information content (AvgIpc) is 3.28. The predicted octanol–water partition coefficient (Wildman–Crippen LogP) is 5.24. The Morgan fingerprint density at radius 2 is 1.95 bits per heavy atom. The first-order chi connectivity index (χ1) is 17.6. The molecule has 0 fully saturated rings. The minimum Gasteiger partial charge on any atom is -0.494 e. The zero-order chi connectivity index (χ0) is 26.6. The highest BCUT2D eigenvalue weighted by molar-refractivity contribution is 5.94. The molecule has 5 N–H and O–H groups in total. The summed E-state index contributed by atoms with van der Waals surface area (Å²) in [7, 11) is 3.27. The number of anilines is 4. The van der Waals surface area contributed by atoms with Crippen LogP contribution in [-0.4, -0.2) is 58.8 Å². The summed E-state index contributed by atoms with van der Waals surface area (Å²) in [5.41, 5.74) is 10.4. The molecule has 10 heteroatoms. The maximum absolute atomic E-state index is 12.2. The molecule has 0 radical (unpaired) electrons. The minimum atomic E-state index is -0.544. The van der Waals surface area contributed by atoms with Gasteiger partial charge in [-0.2, -0.15) is 0 Å². The van der Waals surface area contributed by atoms with Gasteiger partial charge < -0.3 is 35.7 Å². The second-order valence-corrected chi connectivity index (χ2v) is 9.61. The van der Waals surface area contributed by atoms with Crippen molar-refractivity contribution in [1.29, 1.82) is 0 Å². The van der Waals surface area contributed by atoms with Crippen molar-refractivity contribution in [3.63, 3.8) is 0 Å². The number of nitrogen functional groups attached to an aromatic ring is 1. The van der Waals surface area contributed by atoms with Gasteiger partial charge in [0.25, 0.3) is 0 Å². The number of amides is 1. The zero-order valence-electron chi connectivity index (χ0n) is 21.8. The van der Waals surface area contributed by atoms with Crippen LogP contribution in [0.15, 0.2) is 54.9 Å². The van der Waals surface area contributed by atoms with Crippen LogP contribution in [0.3, 0.4) is 0 Å². The van der Waals surface area contributed by atoms with E-state index in [0.29, 0.717) is 41.8 Å². The van der Waals surface area contributed by atoms with E-state index in [1.54, 1.807) is 32.5 Å². The van der Waals surface area contributed by atoms with Crippen molar-refractivity contribution >= 4 is 40.0 Å². The molecule has 0 aliphatic rings. The fraction of sp³-hybridized carbons (Fsp3) is 0.296. The molecule has 0 aliphatic heterocycles. The van der Waals surface area contributed by atoms with Crippen molar-refractivity contribution in [3.05, 3.63) is 54.9 Å². The standard InChI is InChI=1S/C27H33N7O3/c1-27(2,3)37-26(35)34(4)13-12-29-22-15-24(36-5)23(14-19(22)28)33-25-30-11-10-21(32-25)18-16-31-20-9-7-6-8-17(18)20/h6-11,14-16,29,31H,12-13,28H2,1-5H3,(H,30,32,33). The molecular weight excluding hydrogens is 470 g/mol. The lowest BCUT2D eigenvalue weighted by atomic mass is 10.1. The molecule has 2 aromatic heterocycles. The van der Waals surface area contributed by atoms with Crippen molar-refractivity contribution in [1.82, 2.24) is 19.9 Å². The summed E-state index contributed by atoms with van der Waals surface area (Å²) in [4.78, 5) is 26.0. The van der Waals surface area contributed by atoms with Crippen molar-refractivity contribution in [2.45, 2.75) is 26.4 Å². The van der Waals surface area contributed by atoms with Gasteiger partial charge >= 0.3 is 6.09 Å². The molecule has 0 spiro atoms. The van der Waals surface area contributed by atoms with Gasteiger partial charge in [-0.1, -0.05) is 18.2 Å². The van der Waals surface area contributed by atoms with Gasteiger partial charge in [0.1, 0.15) is 11.4 Å². The van der Waals surface area contributed by atoms with Crippen LogP contribution in [0.4, 0.5) is 27.8 Å². The second-order valence-electron chi connectivity index (χ2n) is 9.61. The number of fused-ring (bicyclic) bond motifs is 1. The van der Waals surface area contributed by atoms with Crippen molar-refractivity contribution in [3.8, 4) is 17.0 Å². The van der Waals surface area contributed by atoms with Gasteiger partial charge in [0.05, 0.1) is 29.9 Å². The maximum Gasteiger partial charge on any atom is 0.410 e. The number of nitrogens with two attached hydrogens (primary N) is 1. The smallest absolute Gasteiger partial charge is 0.410 e. The molecule has 0 saturated heterocycles. The molecule has 0 bridgehead atoms. The molecule has 0 unspecified atom stereocenters. The Morgan fingerprint density at radius 3 is 2.70 bits per heavy atom. The Kier molecular flexibility index (Phi) is 7.37. The summed E-state index contributed by atoms with van der Waals surface area (Å²) in [6, 6.07) is 13.5. The summed E-state index contributed by atoms with van der Waals surface area (Å²) in [6.07, 6.45) is 3.27.